The summed E-state index contributed by atoms with van der Waals surface area (Å²) in [7, 11) is 0. The first-order chi connectivity index (χ1) is 24.6. The Labute approximate surface area is 289 Å². The second-order valence-corrected chi connectivity index (χ2v) is 12.4. The van der Waals surface area contributed by atoms with Crippen LogP contribution in [0.2, 0.25) is 0 Å². The van der Waals surface area contributed by atoms with Gasteiger partial charge in [0.25, 0.3) is 5.91 Å². The Hall–Kier alpha value is -5.41. The largest absolute Gasteiger partial charge is 0.436 e. The van der Waals surface area contributed by atoms with Crippen molar-refractivity contribution >= 4 is 23.2 Å². The number of ether oxygens (including phenoxy) is 1. The van der Waals surface area contributed by atoms with Gasteiger partial charge in [-0.15, -0.1) is 0 Å². The molecular weight excluding hydrogens is 671 g/mol. The van der Waals surface area contributed by atoms with Crippen LogP contribution in [0.3, 0.4) is 0 Å². The van der Waals surface area contributed by atoms with Crippen LogP contribution in [0.4, 0.5) is 39.3 Å². The average Bonchev–Trinajstić information content (AvgIpc) is 3.86. The van der Waals surface area contributed by atoms with Gasteiger partial charge in [-0.2, -0.15) is 23.3 Å². The number of nitrogens with zero attached hydrogens (tertiary/aromatic N) is 6. The third-order valence-electron chi connectivity index (χ3n) is 8.76. The lowest BCUT2D eigenvalue weighted by Crippen LogP contribution is -2.47. The van der Waals surface area contributed by atoms with Crippen LogP contribution in [0, 0.1) is 11.6 Å². The number of rotatable bonds is 11. The van der Waals surface area contributed by atoms with E-state index in [0.717, 1.165) is 87.4 Å². The molecule has 51 heavy (non-hydrogen) atoms. The van der Waals surface area contributed by atoms with Gasteiger partial charge in [0.15, 0.2) is 17.3 Å². The van der Waals surface area contributed by atoms with Crippen molar-refractivity contribution in [2.24, 2.45) is 0 Å². The number of carbonyl (C=O) groups excluding carboxylic acids is 1. The molecule has 264 valence electrons. The number of anilines is 3. The van der Waals surface area contributed by atoms with E-state index in [1.54, 1.807) is 0 Å². The number of nitrogens with one attached hydrogen (secondary N) is 2. The molecule has 2 N–H and O–H groups in total. The Kier molecular flexibility index (Phi) is 9.65. The molecule has 1 aliphatic carbocycles. The summed E-state index contributed by atoms with van der Waals surface area (Å²) in [5.74, 6) is -2.70. The van der Waals surface area contributed by atoms with Crippen LogP contribution in [0.15, 0.2) is 85.2 Å². The normalized spacial score (nSPS) is 15.5. The third-order valence-corrected chi connectivity index (χ3v) is 8.76. The van der Waals surface area contributed by atoms with Crippen molar-refractivity contribution in [1.29, 1.82) is 0 Å². The van der Waals surface area contributed by atoms with Crippen LogP contribution in [0.5, 0.6) is 11.6 Å². The molecule has 0 spiro atoms. The van der Waals surface area contributed by atoms with E-state index in [0.29, 0.717) is 4.68 Å². The summed E-state index contributed by atoms with van der Waals surface area (Å²) < 4.78 is 76.6. The summed E-state index contributed by atoms with van der Waals surface area (Å²) in [6.45, 7) is 5.41. The lowest BCUT2D eigenvalue weighted by molar-refractivity contribution is -0.143. The fourth-order valence-electron chi connectivity index (χ4n) is 6.01. The molecule has 10 nitrogen and oxygen atoms in total. The minimum atomic E-state index is -4.99. The van der Waals surface area contributed by atoms with Gasteiger partial charge in [0.1, 0.15) is 5.82 Å². The maximum absolute atomic E-state index is 15.1. The van der Waals surface area contributed by atoms with Gasteiger partial charge in [-0.3, -0.25) is 9.69 Å². The summed E-state index contributed by atoms with van der Waals surface area (Å²) in [4.78, 5) is 26.6. The Morgan fingerprint density at radius 2 is 1.71 bits per heavy atom. The molecule has 0 radical (unpaired) electrons. The first-order valence-electron chi connectivity index (χ1n) is 16.4. The highest BCUT2D eigenvalue weighted by Gasteiger charge is 2.40. The molecule has 5 aromatic rings. The highest BCUT2D eigenvalue weighted by Crippen LogP contribution is 2.35. The van der Waals surface area contributed by atoms with Crippen molar-refractivity contribution in [3.8, 4) is 17.3 Å². The molecule has 1 saturated heterocycles. The number of amides is 1. The second kappa shape index (κ2) is 14.4. The molecule has 1 amide bonds. The molecular formula is C36H33F5N8O2. The van der Waals surface area contributed by atoms with Crippen molar-refractivity contribution in [2.75, 3.05) is 43.4 Å². The van der Waals surface area contributed by atoms with Gasteiger partial charge in [0.2, 0.25) is 11.8 Å². The summed E-state index contributed by atoms with van der Waals surface area (Å²) >= 11 is 0. The van der Waals surface area contributed by atoms with E-state index >= 15 is 4.39 Å². The SMILES string of the molecule is O=C(Nc1ccc(Oc2ccnc(Nc3cccc(CCN4CCN(C5CC5)CC4)c3)n2)c(F)c1)c1cnn(-c2ccc(F)cc2)c1C(F)(F)F. The van der Waals surface area contributed by atoms with Crippen LogP contribution in [0.25, 0.3) is 5.69 Å². The number of piperazine rings is 1. The van der Waals surface area contributed by atoms with E-state index in [2.05, 4.69) is 41.6 Å². The number of aromatic nitrogens is 4. The van der Waals surface area contributed by atoms with Gasteiger partial charge >= 0.3 is 6.18 Å². The van der Waals surface area contributed by atoms with Gasteiger partial charge in [-0.1, -0.05) is 12.1 Å². The fourth-order valence-corrected chi connectivity index (χ4v) is 6.01. The lowest BCUT2D eigenvalue weighted by atomic mass is 10.1. The van der Waals surface area contributed by atoms with Gasteiger partial charge in [0, 0.05) is 68.5 Å². The van der Waals surface area contributed by atoms with Crippen LogP contribution < -0.4 is 15.4 Å². The molecule has 0 atom stereocenters. The summed E-state index contributed by atoms with van der Waals surface area (Å²) in [6, 6.07) is 17.7. The van der Waals surface area contributed by atoms with E-state index in [1.807, 2.05) is 18.2 Å². The Morgan fingerprint density at radius 1 is 0.922 bits per heavy atom. The molecule has 3 aromatic carbocycles. The minimum Gasteiger partial charge on any atom is -0.436 e. The van der Waals surface area contributed by atoms with Crippen LogP contribution >= 0.6 is 0 Å². The number of hydrogen-bond acceptors (Lipinski definition) is 8. The second-order valence-electron chi connectivity index (χ2n) is 12.4. The molecule has 2 aromatic heterocycles. The molecule has 2 fully saturated rings. The molecule has 0 bridgehead atoms. The fraction of sp³-hybridized carbons (Fsp3) is 0.278. The summed E-state index contributed by atoms with van der Waals surface area (Å²) in [5, 5.41) is 9.12. The molecule has 7 rings (SSSR count). The molecule has 1 saturated carbocycles. The zero-order chi connectivity index (χ0) is 35.5. The van der Waals surface area contributed by atoms with Crippen LogP contribution in [0.1, 0.15) is 34.5 Å². The number of carbonyl (C=O) groups is 1. The molecule has 2 aliphatic rings. The molecule has 0 unspecified atom stereocenters. The standard InChI is InChI=1S/C36H33F5N8O2/c37-24-4-7-28(8-5-24)49-33(36(39,40)41)29(22-43-49)34(50)44-26-6-11-31(30(38)21-26)51-32-12-14-42-35(46-32)45-25-3-1-2-23(20-25)13-15-47-16-18-48(19-17-47)27-9-10-27/h1-8,11-12,14,20-22,27H,9-10,13,15-19H2,(H,44,50)(H,42,45,46). The molecule has 1 aliphatic heterocycles. The maximum atomic E-state index is 15.1. The quantitative estimate of drug-likeness (QED) is 0.141. The minimum absolute atomic E-state index is 0.0349. The maximum Gasteiger partial charge on any atom is 0.434 e. The monoisotopic (exact) mass is 704 g/mol. The first kappa shape index (κ1) is 34.1. The third kappa shape index (κ3) is 8.32. The Morgan fingerprint density at radius 3 is 2.43 bits per heavy atom. The summed E-state index contributed by atoms with van der Waals surface area (Å²) in [5.41, 5.74) is -0.451. The Balaban J connectivity index is 0.969. The van der Waals surface area contributed by atoms with E-state index in [-0.39, 0.29) is 29.0 Å². The zero-order valence-electron chi connectivity index (χ0n) is 27.2. The summed E-state index contributed by atoms with van der Waals surface area (Å²) in [6.07, 6.45) is 0.779. The van der Waals surface area contributed by atoms with E-state index < -0.39 is 35.0 Å². The Bertz CT molecular complexity index is 2010. The zero-order valence-corrected chi connectivity index (χ0v) is 27.2. The van der Waals surface area contributed by atoms with Gasteiger partial charge in [-0.25, -0.2) is 18.4 Å². The molecule has 3 heterocycles. The van der Waals surface area contributed by atoms with Gasteiger partial charge in [-0.05, 0) is 73.4 Å². The smallest absolute Gasteiger partial charge is 0.434 e. The van der Waals surface area contributed by atoms with Crippen LogP contribution in [-0.4, -0.2) is 74.2 Å². The van der Waals surface area contributed by atoms with Crippen molar-refractivity contribution < 1.29 is 31.5 Å². The van der Waals surface area contributed by atoms with Crippen molar-refractivity contribution in [3.05, 3.63) is 114 Å². The number of alkyl halides is 3. The average molecular weight is 705 g/mol. The highest BCUT2D eigenvalue weighted by molar-refractivity contribution is 6.05. The topological polar surface area (TPSA) is 100 Å². The van der Waals surface area contributed by atoms with E-state index in [9.17, 15) is 22.4 Å². The van der Waals surface area contributed by atoms with Gasteiger partial charge in [0.05, 0.1) is 17.4 Å². The van der Waals surface area contributed by atoms with E-state index in [4.69, 9.17) is 4.74 Å². The van der Waals surface area contributed by atoms with Gasteiger partial charge < -0.3 is 20.3 Å². The lowest BCUT2D eigenvalue weighted by Gasteiger charge is -2.34. The first-order valence-corrected chi connectivity index (χ1v) is 16.4. The predicted molar refractivity (Wildman–Crippen MR) is 179 cm³/mol. The van der Waals surface area contributed by atoms with Crippen LogP contribution in [-0.2, 0) is 12.6 Å². The van der Waals surface area contributed by atoms with E-state index in [1.165, 1.54) is 42.8 Å². The number of benzene rings is 3. The van der Waals surface area contributed by atoms with Crippen molar-refractivity contribution in [1.82, 2.24) is 29.5 Å². The number of halogens is 5. The van der Waals surface area contributed by atoms with Crippen molar-refractivity contribution in [3.63, 3.8) is 0 Å². The predicted octanol–water partition coefficient (Wildman–Crippen LogP) is 7.07. The highest BCUT2D eigenvalue weighted by atomic mass is 19.4. The molecule has 15 heteroatoms. The van der Waals surface area contributed by atoms with Crippen molar-refractivity contribution in [2.45, 2.75) is 31.5 Å². The number of hydrogen-bond donors (Lipinski definition) is 2.